The maximum atomic E-state index is 13.1. The highest BCUT2D eigenvalue weighted by Gasteiger charge is 2.16. The molecule has 0 fully saturated rings. The fourth-order valence-electron chi connectivity index (χ4n) is 3.50. The molecule has 0 aliphatic heterocycles. The van der Waals surface area contributed by atoms with Gasteiger partial charge in [0.2, 0.25) is 0 Å². The van der Waals surface area contributed by atoms with Gasteiger partial charge in [0.15, 0.2) is 0 Å². The van der Waals surface area contributed by atoms with Crippen molar-refractivity contribution in [3.8, 4) is 11.1 Å². The van der Waals surface area contributed by atoms with Crippen LogP contribution in [0.15, 0.2) is 73.1 Å². The molecule has 2 aromatic heterocycles. The Morgan fingerprint density at radius 2 is 1.66 bits per heavy atom. The van der Waals surface area contributed by atoms with Gasteiger partial charge in [-0.1, -0.05) is 30.3 Å². The number of hydrogen-bond donors (Lipinski definition) is 1. The lowest BCUT2D eigenvalue weighted by molar-refractivity contribution is -0.126. The van der Waals surface area contributed by atoms with Crippen LogP contribution in [0.25, 0.3) is 22.0 Å². The van der Waals surface area contributed by atoms with Crippen LogP contribution in [-0.4, -0.2) is 34.2 Å². The molecule has 4 rings (SSSR count). The minimum Gasteiger partial charge on any atom is -0.471 e. The van der Waals surface area contributed by atoms with Gasteiger partial charge in [-0.25, -0.2) is 0 Å². The summed E-state index contributed by atoms with van der Waals surface area (Å²) in [6.07, 6.45) is 3.84. The Hall–Kier alpha value is -3.80. The molecule has 0 saturated heterocycles. The Balaban J connectivity index is 0.000000668. The molecule has 4 aromatic rings. The van der Waals surface area contributed by atoms with Crippen molar-refractivity contribution >= 4 is 29.0 Å². The van der Waals surface area contributed by atoms with E-state index in [2.05, 4.69) is 55.1 Å². The number of fused-ring (bicyclic) bond motifs is 1. The van der Waals surface area contributed by atoms with Crippen LogP contribution in [0.2, 0.25) is 0 Å². The van der Waals surface area contributed by atoms with E-state index in [0.717, 1.165) is 27.7 Å². The maximum absolute atomic E-state index is 13.1. The smallest absolute Gasteiger partial charge is 0.292 e. The molecular weight excluding hydrogens is 402 g/mol. The van der Waals surface area contributed by atoms with E-state index in [1.165, 1.54) is 7.11 Å². The number of carbonyl (C=O) groups is 2. The van der Waals surface area contributed by atoms with Crippen molar-refractivity contribution in [3.05, 3.63) is 78.8 Å². The zero-order chi connectivity index (χ0) is 23.3. The van der Waals surface area contributed by atoms with Crippen LogP contribution < -0.4 is 5.32 Å². The van der Waals surface area contributed by atoms with E-state index in [0.29, 0.717) is 12.2 Å². The molecule has 0 radical (unpaired) electrons. The van der Waals surface area contributed by atoms with E-state index in [-0.39, 0.29) is 11.4 Å². The van der Waals surface area contributed by atoms with Gasteiger partial charge in [0.1, 0.15) is 5.69 Å². The summed E-state index contributed by atoms with van der Waals surface area (Å²) >= 11 is 0. The number of nitrogens with zero attached hydrogens (tertiary/aromatic N) is 2. The Morgan fingerprint density at radius 1 is 1.00 bits per heavy atom. The normalized spacial score (nSPS) is 10.9. The van der Waals surface area contributed by atoms with Crippen molar-refractivity contribution in [1.82, 2.24) is 9.13 Å². The fraction of sp³-hybridized carbons (Fsp3) is 0.231. The minimum atomic E-state index is -0.0269. The monoisotopic (exact) mass is 431 g/mol. The predicted molar refractivity (Wildman–Crippen MR) is 129 cm³/mol. The second-order valence-corrected chi connectivity index (χ2v) is 8.56. The third kappa shape index (κ3) is 5.27. The average Bonchev–Trinajstić information content (AvgIpc) is 3.37. The van der Waals surface area contributed by atoms with E-state index in [4.69, 9.17) is 4.79 Å². The first-order chi connectivity index (χ1) is 15.2. The summed E-state index contributed by atoms with van der Waals surface area (Å²) in [6, 6.07) is 20.2. The largest absolute Gasteiger partial charge is 0.471 e. The highest BCUT2D eigenvalue weighted by atomic mass is 16.5. The predicted octanol–water partition coefficient (Wildman–Crippen LogP) is 5.33. The molecule has 0 atom stereocenters. The second-order valence-electron chi connectivity index (χ2n) is 8.56. The van der Waals surface area contributed by atoms with Gasteiger partial charge in [0.25, 0.3) is 12.4 Å². The second kappa shape index (κ2) is 9.56. The van der Waals surface area contributed by atoms with E-state index in [1.807, 2.05) is 60.4 Å². The van der Waals surface area contributed by atoms with Crippen LogP contribution >= 0.6 is 0 Å². The summed E-state index contributed by atoms with van der Waals surface area (Å²) in [4.78, 5) is 22.1. The van der Waals surface area contributed by atoms with Gasteiger partial charge in [0, 0.05) is 41.6 Å². The van der Waals surface area contributed by atoms with Gasteiger partial charge < -0.3 is 14.6 Å². The summed E-state index contributed by atoms with van der Waals surface area (Å²) in [7, 11) is 3.23. The van der Waals surface area contributed by atoms with Crippen molar-refractivity contribution < 1.29 is 14.3 Å². The van der Waals surface area contributed by atoms with Gasteiger partial charge in [-0.2, -0.15) is 0 Å². The number of benzene rings is 2. The van der Waals surface area contributed by atoms with Crippen molar-refractivity contribution in [2.24, 2.45) is 7.05 Å². The molecule has 0 bridgehead atoms. The highest BCUT2D eigenvalue weighted by Crippen LogP contribution is 2.26. The average molecular weight is 432 g/mol. The zero-order valence-corrected chi connectivity index (χ0v) is 19.1. The third-order valence-electron chi connectivity index (χ3n) is 4.88. The van der Waals surface area contributed by atoms with Crippen molar-refractivity contribution in [3.63, 3.8) is 0 Å². The molecule has 0 unspecified atom stereocenters. The summed E-state index contributed by atoms with van der Waals surface area (Å²) < 4.78 is 7.47. The molecule has 0 aliphatic carbocycles. The van der Waals surface area contributed by atoms with Crippen LogP contribution in [0.4, 0.5) is 5.69 Å². The van der Waals surface area contributed by atoms with E-state index in [9.17, 15) is 4.79 Å². The number of aromatic nitrogens is 2. The molecule has 166 valence electrons. The van der Waals surface area contributed by atoms with Crippen LogP contribution in [0, 0.1) is 0 Å². The van der Waals surface area contributed by atoms with Gasteiger partial charge in [-0.15, -0.1) is 0 Å². The zero-order valence-electron chi connectivity index (χ0n) is 19.1. The highest BCUT2D eigenvalue weighted by molar-refractivity contribution is 6.02. The first kappa shape index (κ1) is 22.9. The summed E-state index contributed by atoms with van der Waals surface area (Å²) in [5, 5.41) is 4.53. The summed E-state index contributed by atoms with van der Waals surface area (Å²) in [6.45, 7) is 6.79. The lowest BCUT2D eigenvalue weighted by Crippen LogP contribution is -2.25. The molecule has 32 heavy (non-hydrogen) atoms. The number of nitrogens with one attached hydrogen (secondary N) is 1. The van der Waals surface area contributed by atoms with E-state index < -0.39 is 0 Å². The van der Waals surface area contributed by atoms with Gasteiger partial charge in [0.05, 0.1) is 12.6 Å². The van der Waals surface area contributed by atoms with Crippen molar-refractivity contribution in [2.75, 3.05) is 12.4 Å². The maximum Gasteiger partial charge on any atom is 0.292 e. The van der Waals surface area contributed by atoms with Crippen LogP contribution in [0.5, 0.6) is 0 Å². The number of aryl methyl sites for hydroxylation is 1. The number of methoxy groups -OCH3 is 1. The SMILES string of the molecule is COC=O.Cn1cc(-c2ccc(NC(C)(C)C)cc2)cc1C(=O)n1ccc2ccccc21. The minimum absolute atomic E-state index is 0.0212. The van der Waals surface area contributed by atoms with E-state index >= 15 is 0 Å². The summed E-state index contributed by atoms with van der Waals surface area (Å²) in [5.74, 6) is -0.0269. The number of rotatable bonds is 4. The van der Waals surface area contributed by atoms with Gasteiger partial charge in [-0.3, -0.25) is 14.2 Å². The number of hydrogen-bond acceptors (Lipinski definition) is 4. The topological polar surface area (TPSA) is 65.3 Å². The quantitative estimate of drug-likeness (QED) is 0.443. The lowest BCUT2D eigenvalue weighted by atomic mass is 10.1. The van der Waals surface area contributed by atoms with E-state index in [1.54, 1.807) is 4.57 Å². The molecule has 2 aromatic carbocycles. The van der Waals surface area contributed by atoms with Crippen molar-refractivity contribution in [2.45, 2.75) is 26.3 Å². The van der Waals surface area contributed by atoms with Gasteiger partial charge in [-0.05, 0) is 56.7 Å². The molecule has 0 amide bonds. The lowest BCUT2D eigenvalue weighted by Gasteiger charge is -2.22. The fourth-order valence-corrected chi connectivity index (χ4v) is 3.50. The molecule has 6 nitrogen and oxygen atoms in total. The first-order valence-electron chi connectivity index (χ1n) is 10.4. The Labute approximate surface area is 188 Å². The molecule has 0 aliphatic rings. The van der Waals surface area contributed by atoms with Crippen LogP contribution in [0.1, 0.15) is 31.3 Å². The molecule has 6 heteroatoms. The van der Waals surface area contributed by atoms with Crippen LogP contribution in [0.3, 0.4) is 0 Å². The summed E-state index contributed by atoms with van der Waals surface area (Å²) in [5.41, 5.74) is 4.81. The van der Waals surface area contributed by atoms with Crippen molar-refractivity contribution in [1.29, 1.82) is 0 Å². The Bertz CT molecular complexity index is 1210. The number of para-hydroxylation sites is 1. The molecular formula is C26H29N3O3. The van der Waals surface area contributed by atoms with Crippen LogP contribution in [-0.2, 0) is 16.6 Å². The molecule has 2 heterocycles. The Morgan fingerprint density at radius 3 is 2.28 bits per heavy atom. The molecule has 0 saturated carbocycles. The number of carbonyl (C=O) groups excluding carboxylic acids is 2. The molecule has 1 N–H and O–H groups in total. The number of anilines is 1. The standard InChI is InChI=1S/C24H25N3O.C2H4O2/c1-24(2,3)25-20-11-9-17(10-12-20)19-15-22(26(4)16-19)23(28)27-14-13-18-7-5-6-8-21(18)27;1-4-2-3/h5-16,25H,1-4H3;2H,1H3. The first-order valence-corrected chi connectivity index (χ1v) is 10.4. The molecule has 0 spiro atoms. The third-order valence-corrected chi connectivity index (χ3v) is 4.88. The van der Waals surface area contributed by atoms with Gasteiger partial charge >= 0.3 is 0 Å². The Kier molecular flexibility index (Phi) is 6.83. The number of ether oxygens (including phenoxy) is 1.